The number of nitrogens with zero attached hydrogens (tertiary/aromatic N) is 1. The van der Waals surface area contributed by atoms with Gasteiger partial charge in [-0.25, -0.2) is 0 Å². The molecule has 1 fully saturated rings. The number of aryl methyl sites for hydroxylation is 1. The predicted octanol–water partition coefficient (Wildman–Crippen LogP) is 2.62. The van der Waals surface area contributed by atoms with Gasteiger partial charge in [-0.05, 0) is 44.2 Å². The molecule has 1 saturated carbocycles. The molecule has 0 saturated heterocycles. The monoisotopic (exact) mass is 250 g/mol. The molecule has 0 spiro atoms. The van der Waals surface area contributed by atoms with Gasteiger partial charge in [-0.3, -0.25) is 10.1 Å². The minimum atomic E-state index is -0.354. The zero-order valence-electron chi connectivity index (χ0n) is 10.4. The molecule has 0 aliphatic heterocycles. The summed E-state index contributed by atoms with van der Waals surface area (Å²) in [6, 6.07) is 5.43. The molecule has 2 rings (SSSR count). The first-order chi connectivity index (χ1) is 8.56. The maximum atomic E-state index is 11.0. The molecule has 1 aliphatic carbocycles. The second-order valence-electron chi connectivity index (χ2n) is 4.93. The third-order valence-electron chi connectivity index (χ3n) is 3.41. The Balaban J connectivity index is 2.11. The highest BCUT2D eigenvalue weighted by Gasteiger charge is 2.22. The lowest BCUT2D eigenvalue weighted by molar-refractivity contribution is -0.384. The van der Waals surface area contributed by atoms with Crippen molar-refractivity contribution in [2.45, 2.75) is 44.8 Å². The van der Waals surface area contributed by atoms with Crippen LogP contribution in [0.5, 0.6) is 0 Å². The van der Waals surface area contributed by atoms with Crippen molar-refractivity contribution in [2.75, 3.05) is 5.32 Å². The second-order valence-corrected chi connectivity index (χ2v) is 4.93. The van der Waals surface area contributed by atoms with Crippen LogP contribution in [0, 0.1) is 17.0 Å². The molecule has 98 valence electrons. The lowest BCUT2D eigenvalue weighted by Crippen LogP contribution is -2.28. The maximum Gasteiger partial charge on any atom is 0.292 e. The van der Waals surface area contributed by atoms with Gasteiger partial charge in [-0.2, -0.15) is 0 Å². The van der Waals surface area contributed by atoms with E-state index in [1.165, 1.54) is 0 Å². The standard InChI is InChI=1S/C13H18N2O3/c1-9-2-7-12(13(8-9)15(17)18)14-10-3-5-11(16)6-4-10/h2,7-8,10-11,14,16H,3-6H2,1H3. The number of nitrogens with one attached hydrogen (secondary N) is 1. The van der Waals surface area contributed by atoms with Crippen LogP contribution >= 0.6 is 0 Å². The van der Waals surface area contributed by atoms with E-state index < -0.39 is 0 Å². The zero-order chi connectivity index (χ0) is 13.1. The molecule has 1 aromatic rings. The molecule has 5 nitrogen and oxygen atoms in total. The predicted molar refractivity (Wildman–Crippen MR) is 69.7 cm³/mol. The van der Waals surface area contributed by atoms with Crippen LogP contribution in [-0.2, 0) is 0 Å². The average Bonchev–Trinajstić information content (AvgIpc) is 2.34. The minimum absolute atomic E-state index is 0.126. The fraction of sp³-hybridized carbons (Fsp3) is 0.538. The first-order valence-corrected chi connectivity index (χ1v) is 6.26. The third kappa shape index (κ3) is 2.98. The highest BCUT2D eigenvalue weighted by atomic mass is 16.6. The number of anilines is 1. The van der Waals surface area contributed by atoms with Crippen molar-refractivity contribution in [1.82, 2.24) is 0 Å². The molecular weight excluding hydrogens is 232 g/mol. The van der Waals surface area contributed by atoms with Gasteiger partial charge in [0, 0.05) is 12.1 Å². The molecule has 1 aromatic carbocycles. The largest absolute Gasteiger partial charge is 0.393 e. The van der Waals surface area contributed by atoms with Gasteiger partial charge in [0.25, 0.3) is 5.69 Å². The van der Waals surface area contributed by atoms with Crippen molar-refractivity contribution in [3.8, 4) is 0 Å². The Labute approximate surface area is 106 Å². The quantitative estimate of drug-likeness (QED) is 0.638. The van der Waals surface area contributed by atoms with E-state index in [1.807, 2.05) is 13.0 Å². The fourth-order valence-electron chi connectivity index (χ4n) is 2.35. The Kier molecular flexibility index (Phi) is 3.81. The lowest BCUT2D eigenvalue weighted by atomic mass is 9.93. The number of nitro benzene ring substituents is 1. The van der Waals surface area contributed by atoms with Crippen molar-refractivity contribution < 1.29 is 10.0 Å². The van der Waals surface area contributed by atoms with E-state index in [9.17, 15) is 15.2 Å². The summed E-state index contributed by atoms with van der Waals surface area (Å²) in [6.07, 6.45) is 3.02. The summed E-state index contributed by atoms with van der Waals surface area (Å²) >= 11 is 0. The molecule has 5 heteroatoms. The van der Waals surface area contributed by atoms with Crippen LogP contribution in [-0.4, -0.2) is 22.2 Å². The van der Waals surface area contributed by atoms with Gasteiger partial charge in [0.15, 0.2) is 0 Å². The third-order valence-corrected chi connectivity index (χ3v) is 3.41. The van der Waals surface area contributed by atoms with E-state index in [4.69, 9.17) is 0 Å². The summed E-state index contributed by atoms with van der Waals surface area (Å²) < 4.78 is 0. The van der Waals surface area contributed by atoms with E-state index in [2.05, 4.69) is 5.32 Å². The molecule has 0 unspecified atom stereocenters. The lowest BCUT2D eigenvalue weighted by Gasteiger charge is -2.26. The average molecular weight is 250 g/mol. The summed E-state index contributed by atoms with van der Waals surface area (Å²) in [5.41, 5.74) is 1.58. The Morgan fingerprint density at radius 1 is 1.33 bits per heavy atom. The maximum absolute atomic E-state index is 11.0. The number of benzene rings is 1. The van der Waals surface area contributed by atoms with Crippen molar-refractivity contribution in [1.29, 1.82) is 0 Å². The van der Waals surface area contributed by atoms with E-state index in [0.717, 1.165) is 31.2 Å². The zero-order valence-corrected chi connectivity index (χ0v) is 10.4. The molecule has 0 heterocycles. The Morgan fingerprint density at radius 2 is 2.00 bits per heavy atom. The van der Waals surface area contributed by atoms with E-state index in [-0.39, 0.29) is 22.8 Å². The Hall–Kier alpha value is -1.62. The molecule has 0 bridgehead atoms. The number of nitro groups is 1. The van der Waals surface area contributed by atoms with Gasteiger partial charge < -0.3 is 10.4 Å². The molecule has 1 aliphatic rings. The summed E-state index contributed by atoms with van der Waals surface area (Å²) in [5.74, 6) is 0. The van der Waals surface area contributed by atoms with Crippen molar-refractivity contribution in [3.63, 3.8) is 0 Å². The van der Waals surface area contributed by atoms with Gasteiger partial charge in [-0.1, -0.05) is 6.07 Å². The topological polar surface area (TPSA) is 75.4 Å². The number of rotatable bonds is 3. The molecule has 0 aromatic heterocycles. The van der Waals surface area contributed by atoms with Gasteiger partial charge >= 0.3 is 0 Å². The van der Waals surface area contributed by atoms with Crippen molar-refractivity contribution in [3.05, 3.63) is 33.9 Å². The minimum Gasteiger partial charge on any atom is -0.393 e. The highest BCUT2D eigenvalue weighted by Crippen LogP contribution is 2.29. The normalized spacial score (nSPS) is 23.7. The molecule has 2 N–H and O–H groups in total. The second kappa shape index (κ2) is 5.35. The Bertz CT molecular complexity index is 440. The fourth-order valence-corrected chi connectivity index (χ4v) is 2.35. The van der Waals surface area contributed by atoms with Gasteiger partial charge in [-0.15, -0.1) is 0 Å². The van der Waals surface area contributed by atoms with Gasteiger partial charge in [0.05, 0.1) is 11.0 Å². The van der Waals surface area contributed by atoms with Gasteiger partial charge in [0.1, 0.15) is 5.69 Å². The summed E-state index contributed by atoms with van der Waals surface area (Å²) in [6.45, 7) is 1.84. The molecule has 18 heavy (non-hydrogen) atoms. The van der Waals surface area contributed by atoms with Crippen LogP contribution in [0.25, 0.3) is 0 Å². The van der Waals surface area contributed by atoms with E-state index >= 15 is 0 Å². The van der Waals surface area contributed by atoms with Crippen molar-refractivity contribution in [2.24, 2.45) is 0 Å². The first-order valence-electron chi connectivity index (χ1n) is 6.26. The van der Waals surface area contributed by atoms with Crippen LogP contribution < -0.4 is 5.32 Å². The molecular formula is C13H18N2O3. The molecule has 0 amide bonds. The van der Waals surface area contributed by atoms with Crippen LogP contribution in [0.1, 0.15) is 31.2 Å². The van der Waals surface area contributed by atoms with Gasteiger partial charge in [0.2, 0.25) is 0 Å². The molecule has 0 radical (unpaired) electrons. The van der Waals surface area contributed by atoms with Crippen molar-refractivity contribution >= 4 is 11.4 Å². The smallest absolute Gasteiger partial charge is 0.292 e. The van der Waals surface area contributed by atoms with E-state index in [1.54, 1.807) is 12.1 Å². The number of aliphatic hydroxyl groups is 1. The first kappa shape index (κ1) is 12.8. The number of hydrogen-bond acceptors (Lipinski definition) is 4. The van der Waals surface area contributed by atoms with Crippen LogP contribution in [0.3, 0.4) is 0 Å². The number of aliphatic hydroxyl groups excluding tert-OH is 1. The summed E-state index contributed by atoms with van der Waals surface area (Å²) in [7, 11) is 0. The van der Waals surface area contributed by atoms with Crippen LogP contribution in [0.15, 0.2) is 18.2 Å². The van der Waals surface area contributed by atoms with Crippen LogP contribution in [0.4, 0.5) is 11.4 Å². The Morgan fingerprint density at radius 3 is 2.61 bits per heavy atom. The highest BCUT2D eigenvalue weighted by molar-refractivity contribution is 5.63. The SMILES string of the molecule is Cc1ccc(NC2CCC(O)CC2)c([N+](=O)[O-])c1. The number of hydrogen-bond donors (Lipinski definition) is 2. The summed E-state index contributed by atoms with van der Waals surface area (Å²) in [4.78, 5) is 10.6. The molecule has 0 atom stereocenters. The summed E-state index contributed by atoms with van der Waals surface area (Å²) in [5, 5.41) is 23.7. The van der Waals surface area contributed by atoms with Crippen LogP contribution in [0.2, 0.25) is 0 Å². The van der Waals surface area contributed by atoms with E-state index in [0.29, 0.717) is 5.69 Å².